The van der Waals surface area contributed by atoms with E-state index in [0.717, 1.165) is 10.7 Å². The minimum atomic E-state index is -4.95. The molecule has 0 fully saturated rings. The highest BCUT2D eigenvalue weighted by Crippen LogP contribution is 2.33. The van der Waals surface area contributed by atoms with E-state index in [1.807, 2.05) is 0 Å². The molecule has 2 aromatic carbocycles. The second-order valence-electron chi connectivity index (χ2n) is 6.21. The fourth-order valence-corrected chi connectivity index (χ4v) is 3.00. The first-order valence-electron chi connectivity index (χ1n) is 8.38. The zero-order valence-corrected chi connectivity index (χ0v) is 14.6. The number of aromatic nitrogens is 3. The lowest BCUT2D eigenvalue weighted by Crippen LogP contribution is -2.17. The van der Waals surface area contributed by atoms with E-state index in [1.165, 1.54) is 24.3 Å². The van der Waals surface area contributed by atoms with Crippen molar-refractivity contribution in [3.8, 4) is 11.4 Å². The van der Waals surface area contributed by atoms with Gasteiger partial charge in [-0.15, -0.1) is 0 Å². The number of aromatic amines is 1. The number of pyridine rings is 1. The Morgan fingerprint density at radius 1 is 1.00 bits per heavy atom. The van der Waals surface area contributed by atoms with Gasteiger partial charge < -0.3 is 5.11 Å². The predicted molar refractivity (Wildman–Crippen MR) is 98.2 cm³/mol. The zero-order valence-electron chi connectivity index (χ0n) is 14.6. The number of para-hydroxylation sites is 2. The van der Waals surface area contributed by atoms with E-state index in [9.17, 15) is 27.9 Å². The maximum absolute atomic E-state index is 13.6. The van der Waals surface area contributed by atoms with Crippen molar-refractivity contribution in [1.82, 2.24) is 14.8 Å². The number of H-pyrrole nitrogens is 1. The largest absolute Gasteiger partial charge is 0.507 e. The van der Waals surface area contributed by atoms with Crippen molar-refractivity contribution >= 4 is 16.8 Å². The quantitative estimate of drug-likeness (QED) is 0.515. The summed E-state index contributed by atoms with van der Waals surface area (Å²) in [5.41, 5.74) is -3.14. The van der Waals surface area contributed by atoms with Crippen molar-refractivity contribution in [2.75, 3.05) is 0 Å². The Bertz CT molecular complexity index is 1290. The molecule has 0 atom stereocenters. The van der Waals surface area contributed by atoms with Gasteiger partial charge in [-0.25, -0.2) is 9.67 Å². The average molecular weight is 399 g/mol. The van der Waals surface area contributed by atoms with Crippen molar-refractivity contribution < 1.29 is 23.1 Å². The van der Waals surface area contributed by atoms with Crippen LogP contribution in [-0.4, -0.2) is 25.7 Å². The van der Waals surface area contributed by atoms with E-state index in [1.54, 1.807) is 30.3 Å². The van der Waals surface area contributed by atoms with E-state index in [0.29, 0.717) is 5.69 Å². The molecule has 2 N–H and O–H groups in total. The molecule has 0 aliphatic rings. The summed E-state index contributed by atoms with van der Waals surface area (Å²) < 4.78 is 41.9. The fourth-order valence-electron chi connectivity index (χ4n) is 3.00. The summed E-state index contributed by atoms with van der Waals surface area (Å²) in [4.78, 5) is 29.0. The number of nitrogens with one attached hydrogen (secondary N) is 1. The Morgan fingerprint density at radius 2 is 1.66 bits per heavy atom. The Kier molecular flexibility index (Phi) is 4.22. The average Bonchev–Trinajstić information content (AvgIpc) is 3.03. The molecule has 0 aliphatic heterocycles. The summed E-state index contributed by atoms with van der Waals surface area (Å²) >= 11 is 0. The third-order valence-electron chi connectivity index (χ3n) is 4.35. The fraction of sp³-hybridized carbons (Fsp3) is 0.0500. The lowest BCUT2D eigenvalue weighted by Gasteiger charge is -2.11. The van der Waals surface area contributed by atoms with E-state index in [2.05, 4.69) is 10.1 Å². The molecule has 0 saturated carbocycles. The van der Waals surface area contributed by atoms with Crippen molar-refractivity contribution in [3.63, 3.8) is 0 Å². The SMILES string of the molecule is O=C(c1ccccc1O)c1cc2c(=O)n(-c3ccccc3)[nH]c2nc1C(F)(F)F. The van der Waals surface area contributed by atoms with Gasteiger partial charge in [0, 0.05) is 0 Å². The van der Waals surface area contributed by atoms with Crippen LogP contribution < -0.4 is 5.56 Å². The molecular weight excluding hydrogens is 387 g/mol. The second-order valence-corrected chi connectivity index (χ2v) is 6.21. The number of phenolic OH excluding ortho intramolecular Hbond substituents is 1. The normalized spacial score (nSPS) is 11.7. The number of benzene rings is 2. The number of nitrogens with zero attached hydrogens (tertiary/aromatic N) is 2. The molecule has 6 nitrogen and oxygen atoms in total. The highest BCUT2D eigenvalue weighted by Gasteiger charge is 2.38. The van der Waals surface area contributed by atoms with Crippen LogP contribution >= 0.6 is 0 Å². The van der Waals surface area contributed by atoms with Gasteiger partial charge in [0.1, 0.15) is 5.75 Å². The van der Waals surface area contributed by atoms with Crippen LogP contribution in [0, 0.1) is 0 Å². The summed E-state index contributed by atoms with van der Waals surface area (Å²) in [7, 11) is 0. The molecule has 9 heteroatoms. The number of aromatic hydroxyl groups is 1. The molecule has 4 rings (SSSR count). The number of fused-ring (bicyclic) bond motifs is 1. The maximum atomic E-state index is 13.6. The first-order valence-corrected chi connectivity index (χ1v) is 8.38. The molecule has 2 aromatic heterocycles. The Balaban J connectivity index is 1.99. The third kappa shape index (κ3) is 3.16. The summed E-state index contributed by atoms with van der Waals surface area (Å²) in [6.07, 6.45) is -4.95. The summed E-state index contributed by atoms with van der Waals surface area (Å²) in [6, 6.07) is 14.3. The molecule has 0 aliphatic carbocycles. The molecule has 0 spiro atoms. The second kappa shape index (κ2) is 6.62. The predicted octanol–water partition coefficient (Wildman–Crippen LogP) is 3.67. The van der Waals surface area contributed by atoms with Gasteiger partial charge in [-0.2, -0.15) is 13.2 Å². The topological polar surface area (TPSA) is 88.0 Å². The van der Waals surface area contributed by atoms with E-state index >= 15 is 0 Å². The van der Waals surface area contributed by atoms with E-state index in [-0.39, 0.29) is 16.6 Å². The summed E-state index contributed by atoms with van der Waals surface area (Å²) in [5.74, 6) is -1.56. The monoisotopic (exact) mass is 399 g/mol. The summed E-state index contributed by atoms with van der Waals surface area (Å²) in [6.45, 7) is 0. The Morgan fingerprint density at radius 3 is 2.31 bits per heavy atom. The van der Waals surface area contributed by atoms with Gasteiger partial charge in [-0.05, 0) is 30.3 Å². The van der Waals surface area contributed by atoms with Gasteiger partial charge in [0.2, 0.25) is 0 Å². The van der Waals surface area contributed by atoms with Gasteiger partial charge in [0.15, 0.2) is 17.1 Å². The smallest absolute Gasteiger partial charge is 0.434 e. The van der Waals surface area contributed by atoms with Crippen LogP contribution in [0.2, 0.25) is 0 Å². The van der Waals surface area contributed by atoms with Crippen LogP contribution in [0.3, 0.4) is 0 Å². The van der Waals surface area contributed by atoms with Crippen LogP contribution in [0.15, 0.2) is 65.5 Å². The first kappa shape index (κ1) is 18.5. The third-order valence-corrected chi connectivity index (χ3v) is 4.35. The summed E-state index contributed by atoms with van der Waals surface area (Å²) in [5, 5.41) is 12.2. The number of carbonyl (C=O) groups is 1. The van der Waals surface area contributed by atoms with Crippen LogP contribution in [0.5, 0.6) is 5.75 Å². The van der Waals surface area contributed by atoms with Crippen LogP contribution in [0.1, 0.15) is 21.6 Å². The molecule has 146 valence electrons. The molecule has 2 heterocycles. The van der Waals surface area contributed by atoms with Crippen molar-refractivity contribution in [1.29, 1.82) is 0 Å². The molecule has 4 aromatic rings. The lowest BCUT2D eigenvalue weighted by molar-refractivity contribution is -0.141. The lowest BCUT2D eigenvalue weighted by atomic mass is 10.00. The number of halogens is 3. The van der Waals surface area contributed by atoms with Gasteiger partial charge in [-0.3, -0.25) is 14.7 Å². The number of hydrogen-bond donors (Lipinski definition) is 2. The van der Waals surface area contributed by atoms with Crippen LogP contribution in [-0.2, 0) is 6.18 Å². The molecule has 0 amide bonds. The Hall–Kier alpha value is -3.88. The number of alkyl halides is 3. The van der Waals surface area contributed by atoms with E-state index < -0.39 is 34.5 Å². The Labute approximate surface area is 160 Å². The standard InChI is InChI=1S/C20H12F3N3O3/c21-20(22,23)17-13(16(28)12-8-4-5-9-15(12)27)10-14-18(24-17)25-26(19(14)29)11-6-2-1-3-7-11/h1-10,27H,(H,24,25). The molecule has 0 unspecified atom stereocenters. The number of carbonyl (C=O) groups excluding carboxylic acids is 1. The minimum Gasteiger partial charge on any atom is -0.507 e. The van der Waals surface area contributed by atoms with Gasteiger partial charge >= 0.3 is 6.18 Å². The molecule has 0 bridgehead atoms. The zero-order chi connectivity index (χ0) is 20.8. The molecule has 29 heavy (non-hydrogen) atoms. The molecule has 0 radical (unpaired) electrons. The van der Waals surface area contributed by atoms with Gasteiger partial charge in [-0.1, -0.05) is 30.3 Å². The van der Waals surface area contributed by atoms with Crippen LogP contribution in [0.4, 0.5) is 13.2 Å². The van der Waals surface area contributed by atoms with Crippen molar-refractivity contribution in [3.05, 3.63) is 87.8 Å². The first-order chi connectivity index (χ1) is 13.8. The van der Waals surface area contributed by atoms with E-state index in [4.69, 9.17) is 0 Å². The highest BCUT2D eigenvalue weighted by molar-refractivity contribution is 6.12. The van der Waals surface area contributed by atoms with Gasteiger partial charge in [0.25, 0.3) is 5.56 Å². The van der Waals surface area contributed by atoms with Crippen molar-refractivity contribution in [2.24, 2.45) is 0 Å². The number of phenols is 1. The number of ketones is 1. The van der Waals surface area contributed by atoms with Gasteiger partial charge in [0.05, 0.1) is 22.2 Å². The highest BCUT2D eigenvalue weighted by atomic mass is 19.4. The molecular formula is C20H12F3N3O3. The van der Waals surface area contributed by atoms with Crippen molar-refractivity contribution in [2.45, 2.75) is 6.18 Å². The maximum Gasteiger partial charge on any atom is 0.434 e. The minimum absolute atomic E-state index is 0.180. The molecule has 0 saturated heterocycles. The number of hydrogen-bond acceptors (Lipinski definition) is 4. The number of rotatable bonds is 3. The van der Waals surface area contributed by atoms with Crippen LogP contribution in [0.25, 0.3) is 16.7 Å².